The predicted octanol–water partition coefficient (Wildman–Crippen LogP) is 6.12. The van der Waals surface area contributed by atoms with Crippen molar-refractivity contribution < 1.29 is 9.59 Å². The summed E-state index contributed by atoms with van der Waals surface area (Å²) < 4.78 is 0. The van der Waals surface area contributed by atoms with Crippen LogP contribution in [0.2, 0.25) is 0 Å². The average Bonchev–Trinajstić information content (AvgIpc) is 2.32. The smallest absolute Gasteiger partial charge is 0.132 e. The van der Waals surface area contributed by atoms with Crippen LogP contribution in [0.5, 0.6) is 0 Å². The first-order chi connectivity index (χ1) is 9.99. The Bertz CT molecular complexity index is 329. The lowest BCUT2D eigenvalue weighted by atomic mass is 9.89. The molecule has 0 bridgehead atoms. The maximum absolute atomic E-state index is 11.8. The van der Waals surface area contributed by atoms with E-state index >= 15 is 0 Å². The van der Waals surface area contributed by atoms with Gasteiger partial charge in [0.15, 0.2) is 0 Å². The van der Waals surface area contributed by atoms with Gasteiger partial charge in [0, 0.05) is 25.7 Å². The maximum atomic E-state index is 11.8. The van der Waals surface area contributed by atoms with E-state index in [4.69, 9.17) is 0 Å². The fourth-order valence-corrected chi connectivity index (χ4v) is 2.53. The zero-order chi connectivity index (χ0) is 17.2. The van der Waals surface area contributed by atoms with Gasteiger partial charge in [-0.1, -0.05) is 48.0 Å². The molecular weight excluding hydrogens is 272 g/mol. The van der Waals surface area contributed by atoms with Gasteiger partial charge in [-0.3, -0.25) is 9.59 Å². The van der Waals surface area contributed by atoms with Crippen LogP contribution in [-0.4, -0.2) is 11.6 Å². The van der Waals surface area contributed by atoms with E-state index in [0.717, 1.165) is 32.1 Å². The first kappa shape index (κ1) is 21.3. The molecule has 0 saturated carbocycles. The van der Waals surface area contributed by atoms with Crippen molar-refractivity contribution in [3.05, 3.63) is 0 Å². The summed E-state index contributed by atoms with van der Waals surface area (Å²) in [7, 11) is 0. The van der Waals surface area contributed by atoms with Crippen LogP contribution in [0.15, 0.2) is 0 Å². The summed E-state index contributed by atoms with van der Waals surface area (Å²) in [6, 6.07) is 0. The molecule has 0 atom stereocenters. The second-order valence-electron chi connectivity index (χ2n) is 9.11. The molecule has 0 N–H and O–H groups in total. The Hall–Kier alpha value is -0.660. The molecule has 0 aromatic rings. The summed E-state index contributed by atoms with van der Waals surface area (Å²) in [4.78, 5) is 23.6. The summed E-state index contributed by atoms with van der Waals surface area (Å²) in [5.74, 6) is 0.654. The van der Waals surface area contributed by atoms with Gasteiger partial charge in [0.05, 0.1) is 0 Å². The Morgan fingerprint density at radius 2 is 0.909 bits per heavy atom. The quantitative estimate of drug-likeness (QED) is 0.431. The van der Waals surface area contributed by atoms with Crippen molar-refractivity contribution in [2.24, 2.45) is 10.8 Å². The van der Waals surface area contributed by atoms with Crippen LogP contribution in [0, 0.1) is 10.8 Å². The Kier molecular flexibility index (Phi) is 9.87. The summed E-state index contributed by atoms with van der Waals surface area (Å²) in [6.45, 7) is 13.3. The van der Waals surface area contributed by atoms with Crippen molar-refractivity contribution in [3.63, 3.8) is 0 Å². The molecule has 22 heavy (non-hydrogen) atoms. The van der Waals surface area contributed by atoms with Crippen LogP contribution in [0.25, 0.3) is 0 Å². The van der Waals surface area contributed by atoms with Crippen LogP contribution in [0.1, 0.15) is 106 Å². The number of carbonyl (C=O) groups is 2. The van der Waals surface area contributed by atoms with Gasteiger partial charge in [-0.15, -0.1) is 0 Å². The molecule has 0 aliphatic carbocycles. The Labute approximate surface area is 138 Å². The topological polar surface area (TPSA) is 34.1 Å². The van der Waals surface area contributed by atoms with Gasteiger partial charge >= 0.3 is 0 Å². The Morgan fingerprint density at radius 3 is 1.36 bits per heavy atom. The normalized spacial score (nSPS) is 12.5. The minimum atomic E-state index is 0.309. The van der Waals surface area contributed by atoms with Gasteiger partial charge in [0.2, 0.25) is 0 Å². The minimum absolute atomic E-state index is 0.309. The van der Waals surface area contributed by atoms with Crippen molar-refractivity contribution >= 4 is 11.6 Å². The first-order valence-electron chi connectivity index (χ1n) is 9.03. The van der Waals surface area contributed by atoms with E-state index in [1.54, 1.807) is 0 Å². The van der Waals surface area contributed by atoms with E-state index in [1.807, 2.05) is 0 Å². The number of rotatable bonds is 11. The number of hydrogen-bond acceptors (Lipinski definition) is 2. The third-order valence-corrected chi connectivity index (χ3v) is 3.93. The highest BCUT2D eigenvalue weighted by Gasteiger charge is 2.12. The van der Waals surface area contributed by atoms with Gasteiger partial charge in [-0.05, 0) is 42.9 Å². The van der Waals surface area contributed by atoms with Crippen LogP contribution in [-0.2, 0) is 9.59 Å². The van der Waals surface area contributed by atoms with Crippen LogP contribution in [0.3, 0.4) is 0 Å². The Morgan fingerprint density at radius 1 is 0.545 bits per heavy atom. The van der Waals surface area contributed by atoms with Gasteiger partial charge < -0.3 is 0 Å². The molecule has 130 valence electrons. The number of carbonyl (C=O) groups excluding carboxylic acids is 2. The molecule has 0 saturated heterocycles. The number of unbranched alkanes of at least 4 members (excludes halogenated alkanes) is 1. The summed E-state index contributed by atoms with van der Waals surface area (Å²) in [6.07, 6.45) is 8.63. The molecule has 0 rings (SSSR count). The second kappa shape index (κ2) is 10.2. The largest absolute Gasteiger partial charge is 0.300 e. The zero-order valence-electron chi connectivity index (χ0n) is 15.9. The van der Waals surface area contributed by atoms with E-state index in [-0.39, 0.29) is 0 Å². The standard InChI is InChI=1S/C20H38O2/c1-19(2,3)15-8-7-11-17(21)12-9-13-18(22)14-10-16-20(4,5)6/h7-16H2,1-6H3. The second-order valence-corrected chi connectivity index (χ2v) is 9.11. The highest BCUT2D eigenvalue weighted by Crippen LogP contribution is 2.23. The lowest BCUT2D eigenvalue weighted by molar-refractivity contribution is -0.120. The minimum Gasteiger partial charge on any atom is -0.300 e. The third-order valence-electron chi connectivity index (χ3n) is 3.93. The molecule has 0 heterocycles. The van der Waals surface area contributed by atoms with Crippen molar-refractivity contribution in [1.82, 2.24) is 0 Å². The molecule has 2 heteroatoms. The summed E-state index contributed by atoms with van der Waals surface area (Å²) in [5.41, 5.74) is 0.672. The van der Waals surface area contributed by atoms with Crippen LogP contribution >= 0.6 is 0 Å². The molecule has 0 amide bonds. The SMILES string of the molecule is CC(C)(C)CCCCC(=O)CCCC(=O)CCCC(C)(C)C. The van der Waals surface area contributed by atoms with Crippen molar-refractivity contribution in [3.8, 4) is 0 Å². The Balaban J connectivity index is 3.57. The zero-order valence-corrected chi connectivity index (χ0v) is 15.9. The first-order valence-corrected chi connectivity index (χ1v) is 9.03. The molecule has 0 aliphatic rings. The lowest BCUT2D eigenvalue weighted by Gasteiger charge is -2.17. The fourth-order valence-electron chi connectivity index (χ4n) is 2.53. The van der Waals surface area contributed by atoms with Crippen LogP contribution < -0.4 is 0 Å². The monoisotopic (exact) mass is 310 g/mol. The summed E-state index contributed by atoms with van der Waals surface area (Å²) >= 11 is 0. The fraction of sp³-hybridized carbons (Fsp3) is 0.900. The lowest BCUT2D eigenvalue weighted by Crippen LogP contribution is -2.07. The maximum Gasteiger partial charge on any atom is 0.132 e. The van der Waals surface area contributed by atoms with Gasteiger partial charge in [-0.25, -0.2) is 0 Å². The van der Waals surface area contributed by atoms with E-state index in [9.17, 15) is 9.59 Å². The number of hydrogen-bond donors (Lipinski definition) is 0. The van der Waals surface area contributed by atoms with Gasteiger partial charge in [-0.2, -0.15) is 0 Å². The predicted molar refractivity (Wildman–Crippen MR) is 95.1 cm³/mol. The highest BCUT2D eigenvalue weighted by atomic mass is 16.1. The van der Waals surface area contributed by atoms with Crippen molar-refractivity contribution in [1.29, 1.82) is 0 Å². The van der Waals surface area contributed by atoms with E-state index in [2.05, 4.69) is 41.5 Å². The van der Waals surface area contributed by atoms with E-state index in [0.29, 0.717) is 48.1 Å². The molecule has 0 fully saturated rings. The summed E-state index contributed by atoms with van der Waals surface area (Å²) in [5, 5.41) is 0. The molecule has 0 aromatic heterocycles. The van der Waals surface area contributed by atoms with Crippen molar-refractivity contribution in [2.75, 3.05) is 0 Å². The highest BCUT2D eigenvalue weighted by molar-refractivity contribution is 5.81. The third kappa shape index (κ3) is 15.7. The van der Waals surface area contributed by atoms with E-state index in [1.165, 1.54) is 6.42 Å². The van der Waals surface area contributed by atoms with E-state index < -0.39 is 0 Å². The molecule has 2 nitrogen and oxygen atoms in total. The van der Waals surface area contributed by atoms with Gasteiger partial charge in [0.1, 0.15) is 11.6 Å². The molecule has 0 unspecified atom stereocenters. The molecule has 0 aromatic carbocycles. The van der Waals surface area contributed by atoms with Crippen molar-refractivity contribution in [2.45, 2.75) is 106 Å². The number of Topliss-reactive ketones (excluding diaryl/α,β-unsaturated/α-hetero) is 2. The molecule has 0 spiro atoms. The average molecular weight is 311 g/mol. The number of ketones is 2. The molecule has 0 aliphatic heterocycles. The van der Waals surface area contributed by atoms with Gasteiger partial charge in [0.25, 0.3) is 0 Å². The van der Waals surface area contributed by atoms with Crippen LogP contribution in [0.4, 0.5) is 0 Å². The molecular formula is C20H38O2. The molecule has 0 radical (unpaired) electrons.